The summed E-state index contributed by atoms with van der Waals surface area (Å²) in [5, 5.41) is 19.8. The van der Waals surface area contributed by atoms with Gasteiger partial charge in [0.15, 0.2) is 0 Å². The van der Waals surface area contributed by atoms with Crippen LogP contribution in [0, 0.1) is 15.5 Å². The van der Waals surface area contributed by atoms with Crippen molar-refractivity contribution in [2.45, 2.75) is 25.7 Å². The summed E-state index contributed by atoms with van der Waals surface area (Å²) in [5.74, 6) is -0.894. The molecule has 1 fully saturated rings. The van der Waals surface area contributed by atoms with E-state index in [0.717, 1.165) is 11.3 Å². The Balaban J connectivity index is 2.43. The molecule has 1 N–H and O–H groups in total. The lowest BCUT2D eigenvalue weighted by Gasteiger charge is -2.12. The van der Waals surface area contributed by atoms with Crippen molar-refractivity contribution in [3.63, 3.8) is 0 Å². The lowest BCUT2D eigenvalue weighted by molar-refractivity contribution is -0.380. The second-order valence-electron chi connectivity index (χ2n) is 4.67. The summed E-state index contributed by atoms with van der Waals surface area (Å²) in [7, 11) is 0. The fraction of sp³-hybridized carbons (Fsp3) is 0.500. The summed E-state index contributed by atoms with van der Waals surface area (Å²) in [6, 6.07) is 2.94. The van der Waals surface area contributed by atoms with E-state index in [1.807, 2.05) is 13.8 Å². The molecule has 1 aromatic heterocycles. The molecule has 0 saturated heterocycles. The number of nitro groups is 1. The van der Waals surface area contributed by atoms with E-state index >= 15 is 0 Å². The molecule has 16 heavy (non-hydrogen) atoms. The molecule has 86 valence electrons. The minimum Gasteiger partial charge on any atom is -0.481 e. The number of thiophene rings is 1. The number of carboxylic acids is 1. The van der Waals surface area contributed by atoms with E-state index in [1.165, 1.54) is 6.07 Å². The number of rotatable bonds is 3. The molecule has 0 aliphatic heterocycles. The molecule has 0 radical (unpaired) electrons. The van der Waals surface area contributed by atoms with Gasteiger partial charge in [-0.3, -0.25) is 14.9 Å². The van der Waals surface area contributed by atoms with E-state index in [9.17, 15) is 20.0 Å². The Hall–Kier alpha value is -1.43. The fourth-order valence-electron chi connectivity index (χ4n) is 2.17. The molecule has 0 bridgehead atoms. The van der Waals surface area contributed by atoms with Crippen LogP contribution in [0.15, 0.2) is 12.1 Å². The molecule has 0 amide bonds. The molecule has 0 spiro atoms. The topological polar surface area (TPSA) is 80.4 Å². The van der Waals surface area contributed by atoms with E-state index in [0.29, 0.717) is 11.3 Å². The van der Waals surface area contributed by atoms with Crippen molar-refractivity contribution in [3.8, 4) is 0 Å². The van der Waals surface area contributed by atoms with E-state index in [4.69, 9.17) is 0 Å². The van der Waals surface area contributed by atoms with Gasteiger partial charge in [0.25, 0.3) is 0 Å². The number of nitrogens with zero attached hydrogens (tertiary/aromatic N) is 1. The Bertz CT molecular complexity index is 479. The average molecular weight is 241 g/mol. The van der Waals surface area contributed by atoms with Gasteiger partial charge in [0.1, 0.15) is 5.41 Å². The third kappa shape index (κ3) is 1.26. The first kappa shape index (κ1) is 11.1. The van der Waals surface area contributed by atoms with E-state index in [1.54, 1.807) is 6.07 Å². The van der Waals surface area contributed by atoms with Crippen molar-refractivity contribution in [2.24, 2.45) is 5.41 Å². The minimum atomic E-state index is -0.925. The molecule has 6 heteroatoms. The number of carboxylic acid groups (broad SMARTS) is 1. The lowest BCUT2D eigenvalue weighted by Crippen LogP contribution is -2.24. The van der Waals surface area contributed by atoms with Crippen LogP contribution >= 0.6 is 11.3 Å². The Labute approximate surface area is 95.9 Å². The first-order chi connectivity index (χ1) is 7.31. The van der Waals surface area contributed by atoms with Crippen LogP contribution in [-0.4, -0.2) is 16.0 Å². The fourth-order valence-corrected chi connectivity index (χ4v) is 3.35. The van der Waals surface area contributed by atoms with Crippen molar-refractivity contribution in [1.82, 2.24) is 0 Å². The van der Waals surface area contributed by atoms with Crippen LogP contribution in [-0.2, 0) is 10.2 Å². The van der Waals surface area contributed by atoms with Gasteiger partial charge in [0, 0.05) is 10.9 Å². The highest BCUT2D eigenvalue weighted by Gasteiger charge is 2.68. The Morgan fingerprint density at radius 1 is 1.56 bits per heavy atom. The molecule has 1 aliphatic carbocycles. The number of hydrogen-bond donors (Lipinski definition) is 1. The summed E-state index contributed by atoms with van der Waals surface area (Å²) >= 11 is 0.961. The standard InChI is InChI=1S/C10H11NO4S/c1-9(2)5-10(9,8(12)13)6-3-4-7(16-6)11(14)15/h3-4H,5H2,1-2H3,(H,12,13). The predicted molar refractivity (Wildman–Crippen MR) is 58.7 cm³/mol. The summed E-state index contributed by atoms with van der Waals surface area (Å²) in [6.45, 7) is 3.74. The minimum absolute atomic E-state index is 0.00155. The highest BCUT2D eigenvalue weighted by molar-refractivity contribution is 7.15. The first-order valence-electron chi connectivity index (χ1n) is 4.79. The van der Waals surface area contributed by atoms with Crippen LogP contribution < -0.4 is 0 Å². The molecule has 1 saturated carbocycles. The molecule has 1 heterocycles. The van der Waals surface area contributed by atoms with Gasteiger partial charge in [-0.2, -0.15) is 0 Å². The smallest absolute Gasteiger partial charge is 0.324 e. The molecular weight excluding hydrogens is 230 g/mol. The maximum Gasteiger partial charge on any atom is 0.324 e. The zero-order valence-corrected chi connectivity index (χ0v) is 9.71. The monoisotopic (exact) mass is 241 g/mol. The molecule has 1 unspecified atom stereocenters. The van der Waals surface area contributed by atoms with Crippen LogP contribution in [0.25, 0.3) is 0 Å². The maximum atomic E-state index is 11.3. The summed E-state index contributed by atoms with van der Waals surface area (Å²) in [6.07, 6.45) is 0.535. The lowest BCUT2D eigenvalue weighted by atomic mass is 9.94. The summed E-state index contributed by atoms with van der Waals surface area (Å²) in [5.41, 5.74) is -1.25. The zero-order valence-electron chi connectivity index (χ0n) is 8.89. The van der Waals surface area contributed by atoms with Crippen molar-refractivity contribution in [1.29, 1.82) is 0 Å². The Morgan fingerprint density at radius 2 is 2.12 bits per heavy atom. The SMILES string of the molecule is CC1(C)CC1(C(=O)O)c1ccc([N+](=O)[O-])s1. The predicted octanol–water partition coefficient (Wildman–Crippen LogP) is 2.41. The molecule has 1 aliphatic rings. The highest BCUT2D eigenvalue weighted by atomic mass is 32.1. The molecular formula is C10H11NO4S. The van der Waals surface area contributed by atoms with Crippen LogP contribution in [0.5, 0.6) is 0 Å². The van der Waals surface area contributed by atoms with Gasteiger partial charge in [0.2, 0.25) is 0 Å². The number of aliphatic carboxylic acids is 1. The van der Waals surface area contributed by atoms with E-state index in [-0.39, 0.29) is 10.4 Å². The maximum absolute atomic E-state index is 11.3. The van der Waals surface area contributed by atoms with Gasteiger partial charge in [-0.25, -0.2) is 0 Å². The molecule has 1 aromatic rings. The Morgan fingerprint density at radius 3 is 2.44 bits per heavy atom. The summed E-state index contributed by atoms with van der Waals surface area (Å²) in [4.78, 5) is 22.0. The van der Waals surface area contributed by atoms with Crippen molar-refractivity contribution < 1.29 is 14.8 Å². The van der Waals surface area contributed by atoms with Gasteiger partial charge in [-0.15, -0.1) is 0 Å². The van der Waals surface area contributed by atoms with Gasteiger partial charge in [-0.1, -0.05) is 25.2 Å². The average Bonchev–Trinajstić information content (AvgIpc) is 2.61. The van der Waals surface area contributed by atoms with Gasteiger partial charge < -0.3 is 5.11 Å². The van der Waals surface area contributed by atoms with Crippen molar-refractivity contribution in [2.75, 3.05) is 0 Å². The number of carbonyl (C=O) groups is 1. The van der Waals surface area contributed by atoms with Crippen LogP contribution in [0.3, 0.4) is 0 Å². The van der Waals surface area contributed by atoms with Gasteiger partial charge in [0.05, 0.1) is 4.92 Å². The highest BCUT2D eigenvalue weighted by Crippen LogP contribution is 2.65. The Kier molecular flexibility index (Phi) is 2.10. The molecule has 2 rings (SSSR count). The molecule has 1 atom stereocenters. The largest absolute Gasteiger partial charge is 0.481 e. The third-order valence-corrected chi connectivity index (χ3v) is 4.49. The van der Waals surface area contributed by atoms with Crippen LogP contribution in [0.2, 0.25) is 0 Å². The first-order valence-corrected chi connectivity index (χ1v) is 5.61. The normalized spacial score (nSPS) is 26.4. The van der Waals surface area contributed by atoms with Crippen LogP contribution in [0.1, 0.15) is 25.1 Å². The second-order valence-corrected chi connectivity index (χ2v) is 5.73. The number of hydrogen-bond acceptors (Lipinski definition) is 4. The molecule has 5 nitrogen and oxygen atoms in total. The van der Waals surface area contributed by atoms with Gasteiger partial charge >= 0.3 is 11.0 Å². The van der Waals surface area contributed by atoms with E-state index in [2.05, 4.69) is 0 Å². The van der Waals surface area contributed by atoms with E-state index < -0.39 is 16.3 Å². The summed E-state index contributed by atoms with van der Waals surface area (Å²) < 4.78 is 0. The molecule has 0 aromatic carbocycles. The second kappa shape index (κ2) is 3.04. The van der Waals surface area contributed by atoms with Crippen molar-refractivity contribution >= 4 is 22.3 Å². The van der Waals surface area contributed by atoms with Crippen LogP contribution in [0.4, 0.5) is 5.00 Å². The zero-order chi connectivity index (χ0) is 12.1. The van der Waals surface area contributed by atoms with Gasteiger partial charge in [-0.05, 0) is 17.9 Å². The third-order valence-electron chi connectivity index (χ3n) is 3.29. The van der Waals surface area contributed by atoms with Crippen molar-refractivity contribution in [3.05, 3.63) is 27.1 Å². The quantitative estimate of drug-likeness (QED) is 0.650.